The molecule has 7 heteroatoms. The number of aromatic hydroxyl groups is 1. The molecule has 0 fully saturated rings. The van der Waals surface area contributed by atoms with Crippen molar-refractivity contribution in [2.75, 3.05) is 0 Å². The maximum absolute atomic E-state index is 11.4. The Morgan fingerprint density at radius 3 is 2.40 bits per heavy atom. The van der Waals surface area contributed by atoms with Crippen molar-refractivity contribution < 1.29 is 24.6 Å². The van der Waals surface area contributed by atoms with Gasteiger partial charge in [-0.05, 0) is 23.8 Å². The predicted octanol–water partition coefficient (Wildman–Crippen LogP) is -0.150. The number of carboxylic acid groups (broad SMARTS) is 1. The summed E-state index contributed by atoms with van der Waals surface area (Å²) in [4.78, 5) is 33.1. The Balaban J connectivity index is 2.53. The van der Waals surface area contributed by atoms with E-state index in [2.05, 4.69) is 0 Å². The Hall–Kier alpha value is -2.67. The van der Waals surface area contributed by atoms with Gasteiger partial charge < -0.3 is 15.9 Å². The molecule has 20 heavy (non-hydrogen) atoms. The SMILES string of the molecule is N[C@@H](CC(=O)O)C(=O)NC(=O)/C=C/c1ccc(O)cc1. The van der Waals surface area contributed by atoms with Crippen molar-refractivity contribution in [1.82, 2.24) is 5.32 Å². The summed E-state index contributed by atoms with van der Waals surface area (Å²) in [6.07, 6.45) is 1.99. The summed E-state index contributed by atoms with van der Waals surface area (Å²) >= 11 is 0. The lowest BCUT2D eigenvalue weighted by atomic mass is 10.2. The molecule has 1 aromatic rings. The lowest BCUT2D eigenvalue weighted by molar-refractivity contribution is -0.140. The van der Waals surface area contributed by atoms with Crippen LogP contribution < -0.4 is 11.1 Å². The van der Waals surface area contributed by atoms with Gasteiger partial charge in [-0.2, -0.15) is 0 Å². The Bertz CT molecular complexity index is 536. The molecule has 0 aliphatic carbocycles. The third-order valence-electron chi connectivity index (χ3n) is 2.30. The molecule has 0 bridgehead atoms. The molecule has 0 aliphatic rings. The summed E-state index contributed by atoms with van der Waals surface area (Å²) in [5, 5.41) is 19.5. The van der Waals surface area contributed by atoms with E-state index < -0.39 is 30.2 Å². The molecule has 0 radical (unpaired) electrons. The number of amides is 2. The second-order valence-electron chi connectivity index (χ2n) is 3.98. The summed E-state index contributed by atoms with van der Waals surface area (Å²) < 4.78 is 0. The average Bonchev–Trinajstić information content (AvgIpc) is 2.37. The van der Waals surface area contributed by atoms with E-state index in [4.69, 9.17) is 15.9 Å². The van der Waals surface area contributed by atoms with E-state index in [1.54, 1.807) is 12.1 Å². The number of phenolic OH excluding ortho intramolecular Hbond substituents is 1. The number of rotatable bonds is 5. The fourth-order valence-corrected chi connectivity index (χ4v) is 1.29. The molecular weight excluding hydrogens is 264 g/mol. The molecule has 0 heterocycles. The first-order chi connectivity index (χ1) is 9.38. The molecule has 1 aromatic carbocycles. The van der Waals surface area contributed by atoms with Gasteiger partial charge in [0.05, 0.1) is 12.5 Å². The largest absolute Gasteiger partial charge is 0.508 e. The molecule has 0 aromatic heterocycles. The van der Waals surface area contributed by atoms with Crippen molar-refractivity contribution in [3.63, 3.8) is 0 Å². The van der Waals surface area contributed by atoms with Crippen LogP contribution in [0.1, 0.15) is 12.0 Å². The molecule has 106 valence electrons. The number of nitrogens with two attached hydrogens (primary N) is 1. The van der Waals surface area contributed by atoms with Gasteiger partial charge in [0.25, 0.3) is 5.91 Å². The number of hydrogen-bond acceptors (Lipinski definition) is 5. The van der Waals surface area contributed by atoms with Crippen molar-refractivity contribution in [3.8, 4) is 5.75 Å². The van der Waals surface area contributed by atoms with Crippen molar-refractivity contribution >= 4 is 23.9 Å². The number of aliphatic carboxylic acids is 1. The number of nitrogens with one attached hydrogen (secondary N) is 1. The van der Waals surface area contributed by atoms with Crippen LogP contribution in [0.15, 0.2) is 30.3 Å². The summed E-state index contributed by atoms with van der Waals surface area (Å²) in [6, 6.07) is 4.78. The van der Waals surface area contributed by atoms with E-state index in [-0.39, 0.29) is 5.75 Å². The number of phenols is 1. The minimum absolute atomic E-state index is 0.0985. The minimum atomic E-state index is -1.28. The molecule has 1 atom stereocenters. The highest BCUT2D eigenvalue weighted by atomic mass is 16.4. The lowest BCUT2D eigenvalue weighted by Crippen LogP contribution is -2.43. The van der Waals surface area contributed by atoms with E-state index in [1.165, 1.54) is 18.2 Å². The second kappa shape index (κ2) is 7.05. The van der Waals surface area contributed by atoms with Gasteiger partial charge in [-0.3, -0.25) is 19.7 Å². The van der Waals surface area contributed by atoms with E-state index in [1.807, 2.05) is 5.32 Å². The quantitative estimate of drug-likeness (QED) is 0.554. The molecule has 1 rings (SSSR count). The summed E-state index contributed by atoms with van der Waals surface area (Å²) in [5.74, 6) is -2.68. The molecule has 0 saturated carbocycles. The Morgan fingerprint density at radius 2 is 1.85 bits per heavy atom. The van der Waals surface area contributed by atoms with Crippen molar-refractivity contribution in [2.45, 2.75) is 12.5 Å². The Labute approximate surface area is 114 Å². The van der Waals surface area contributed by atoms with Crippen LogP contribution >= 0.6 is 0 Å². The normalized spacial score (nSPS) is 12.1. The van der Waals surface area contributed by atoms with Gasteiger partial charge in [0.15, 0.2) is 0 Å². The van der Waals surface area contributed by atoms with Crippen molar-refractivity contribution in [2.24, 2.45) is 5.73 Å². The third-order valence-corrected chi connectivity index (χ3v) is 2.30. The van der Waals surface area contributed by atoms with E-state index in [9.17, 15) is 14.4 Å². The summed E-state index contributed by atoms with van der Waals surface area (Å²) in [5.41, 5.74) is 5.95. The zero-order valence-electron chi connectivity index (χ0n) is 10.4. The fraction of sp³-hybridized carbons (Fsp3) is 0.154. The van der Waals surface area contributed by atoms with Gasteiger partial charge in [-0.15, -0.1) is 0 Å². The van der Waals surface area contributed by atoms with Crippen LogP contribution in [-0.4, -0.2) is 34.0 Å². The van der Waals surface area contributed by atoms with Crippen LogP contribution in [0.25, 0.3) is 6.08 Å². The smallest absolute Gasteiger partial charge is 0.305 e. The maximum Gasteiger partial charge on any atom is 0.305 e. The maximum atomic E-state index is 11.4. The molecule has 0 saturated heterocycles. The number of imide groups is 1. The van der Waals surface area contributed by atoms with Crippen LogP contribution in [0.4, 0.5) is 0 Å². The number of carboxylic acids is 1. The van der Waals surface area contributed by atoms with Gasteiger partial charge in [-0.25, -0.2) is 0 Å². The van der Waals surface area contributed by atoms with Gasteiger partial charge >= 0.3 is 5.97 Å². The number of carbonyl (C=O) groups excluding carboxylic acids is 2. The predicted molar refractivity (Wildman–Crippen MR) is 70.5 cm³/mol. The molecular formula is C13H14N2O5. The first-order valence-corrected chi connectivity index (χ1v) is 5.68. The number of hydrogen-bond donors (Lipinski definition) is 4. The molecule has 7 nitrogen and oxygen atoms in total. The van der Waals surface area contributed by atoms with Crippen LogP contribution in [0.3, 0.4) is 0 Å². The summed E-state index contributed by atoms with van der Waals surface area (Å²) in [7, 11) is 0. The van der Waals surface area contributed by atoms with Gasteiger partial charge in [0, 0.05) is 6.08 Å². The summed E-state index contributed by atoms with van der Waals surface area (Å²) in [6.45, 7) is 0. The van der Waals surface area contributed by atoms with E-state index >= 15 is 0 Å². The van der Waals surface area contributed by atoms with Crippen molar-refractivity contribution in [1.29, 1.82) is 0 Å². The molecule has 0 unspecified atom stereocenters. The fourth-order valence-electron chi connectivity index (χ4n) is 1.29. The third kappa shape index (κ3) is 5.32. The van der Waals surface area contributed by atoms with Crippen LogP contribution in [0.2, 0.25) is 0 Å². The van der Waals surface area contributed by atoms with E-state index in [0.717, 1.165) is 6.08 Å². The van der Waals surface area contributed by atoms with Gasteiger partial charge in [0.1, 0.15) is 5.75 Å². The average molecular weight is 278 g/mol. The highest BCUT2D eigenvalue weighted by Gasteiger charge is 2.18. The van der Waals surface area contributed by atoms with Crippen LogP contribution in [0.5, 0.6) is 5.75 Å². The highest BCUT2D eigenvalue weighted by Crippen LogP contribution is 2.10. The first-order valence-electron chi connectivity index (χ1n) is 5.68. The number of benzene rings is 1. The second-order valence-corrected chi connectivity index (χ2v) is 3.98. The van der Waals surface area contributed by atoms with Crippen molar-refractivity contribution in [3.05, 3.63) is 35.9 Å². The zero-order valence-corrected chi connectivity index (χ0v) is 10.4. The Morgan fingerprint density at radius 1 is 1.25 bits per heavy atom. The molecule has 0 aliphatic heterocycles. The molecule has 2 amide bonds. The topological polar surface area (TPSA) is 130 Å². The minimum Gasteiger partial charge on any atom is -0.508 e. The standard InChI is InChI=1S/C13H14N2O5/c14-10(7-12(18)19)13(20)15-11(17)6-3-8-1-4-9(16)5-2-8/h1-6,10,16H,7,14H2,(H,18,19)(H,15,17,20)/b6-3+/t10-/m0/s1. The van der Waals surface area contributed by atoms with Gasteiger partial charge in [0.2, 0.25) is 5.91 Å². The Kier molecular flexibility index (Phi) is 5.42. The zero-order chi connectivity index (χ0) is 15.1. The number of carbonyl (C=O) groups is 3. The highest BCUT2D eigenvalue weighted by molar-refractivity contribution is 6.04. The lowest BCUT2D eigenvalue weighted by Gasteiger charge is -2.07. The molecule has 0 spiro atoms. The first kappa shape index (κ1) is 15.4. The van der Waals surface area contributed by atoms with E-state index in [0.29, 0.717) is 5.56 Å². The monoisotopic (exact) mass is 278 g/mol. The van der Waals surface area contributed by atoms with Crippen LogP contribution in [-0.2, 0) is 14.4 Å². The molecule has 5 N–H and O–H groups in total. The van der Waals surface area contributed by atoms with Gasteiger partial charge in [-0.1, -0.05) is 12.1 Å². The van der Waals surface area contributed by atoms with Crippen LogP contribution in [0, 0.1) is 0 Å².